The minimum atomic E-state index is -0.197. The highest BCUT2D eigenvalue weighted by Gasteiger charge is 2.30. The van der Waals surface area contributed by atoms with Crippen LogP contribution in [0, 0.1) is 0 Å². The summed E-state index contributed by atoms with van der Waals surface area (Å²) in [5.74, 6) is 0. The van der Waals surface area contributed by atoms with Crippen LogP contribution in [0.25, 0.3) is 0 Å². The predicted octanol–water partition coefficient (Wildman–Crippen LogP) is 3.56. The zero-order chi connectivity index (χ0) is 12.3. The summed E-state index contributed by atoms with van der Waals surface area (Å²) in [5, 5.41) is 0. The Balaban J connectivity index is 4.36. The van der Waals surface area contributed by atoms with E-state index < -0.39 is 0 Å². The average Bonchev–Trinajstić information content (AvgIpc) is 2.01. The molecule has 0 heterocycles. The van der Waals surface area contributed by atoms with Gasteiger partial charge < -0.3 is 9.47 Å². The van der Waals surface area contributed by atoms with E-state index in [0.29, 0.717) is 0 Å². The van der Waals surface area contributed by atoms with E-state index in [9.17, 15) is 0 Å². The normalized spacial score (nSPS) is 15.1. The molecular formula is C13H26O2. The van der Waals surface area contributed by atoms with Crippen LogP contribution >= 0.6 is 0 Å². The van der Waals surface area contributed by atoms with Crippen molar-refractivity contribution in [3.05, 3.63) is 12.2 Å². The van der Waals surface area contributed by atoms with Crippen molar-refractivity contribution in [3.8, 4) is 0 Å². The lowest BCUT2D eigenvalue weighted by atomic mass is 9.92. The van der Waals surface area contributed by atoms with Gasteiger partial charge in [-0.15, -0.1) is 0 Å². The summed E-state index contributed by atoms with van der Waals surface area (Å²) in [6, 6.07) is 0. The summed E-state index contributed by atoms with van der Waals surface area (Å²) in [6.07, 6.45) is 0.946. The lowest BCUT2D eigenvalue weighted by Crippen LogP contribution is -2.38. The highest BCUT2D eigenvalue weighted by Crippen LogP contribution is 2.27. The van der Waals surface area contributed by atoms with Gasteiger partial charge in [0.25, 0.3) is 0 Å². The fraction of sp³-hybridized carbons (Fsp3) is 0.846. The van der Waals surface area contributed by atoms with Crippen LogP contribution in [-0.2, 0) is 9.47 Å². The maximum Gasteiger partial charge on any atom is 0.0758 e. The molecule has 0 aromatic carbocycles. The monoisotopic (exact) mass is 214 g/mol. The lowest BCUT2D eigenvalue weighted by Gasteiger charge is -2.36. The quantitative estimate of drug-likeness (QED) is 0.629. The molecule has 0 bridgehead atoms. The second kappa shape index (κ2) is 5.13. The standard InChI is InChI=1S/C13H26O2/c1-10(2)11(3)15-13(6,7)9-12(4,5)14-8/h11H,1,9H2,2-8H3. The van der Waals surface area contributed by atoms with Gasteiger partial charge in [0.1, 0.15) is 0 Å². The Morgan fingerprint density at radius 3 is 2.00 bits per heavy atom. The molecule has 1 atom stereocenters. The van der Waals surface area contributed by atoms with Gasteiger partial charge in [-0.1, -0.05) is 12.2 Å². The van der Waals surface area contributed by atoms with Crippen molar-refractivity contribution in [2.45, 2.75) is 65.3 Å². The average molecular weight is 214 g/mol. The van der Waals surface area contributed by atoms with E-state index in [2.05, 4.69) is 34.3 Å². The molecular weight excluding hydrogens is 188 g/mol. The van der Waals surface area contributed by atoms with Crippen LogP contribution in [0.3, 0.4) is 0 Å². The van der Waals surface area contributed by atoms with Crippen molar-refractivity contribution in [2.75, 3.05) is 7.11 Å². The summed E-state index contributed by atoms with van der Waals surface area (Å²) >= 11 is 0. The van der Waals surface area contributed by atoms with Crippen molar-refractivity contribution >= 4 is 0 Å². The summed E-state index contributed by atoms with van der Waals surface area (Å²) in [6.45, 7) is 16.2. The van der Waals surface area contributed by atoms with Gasteiger partial charge in [0.05, 0.1) is 17.3 Å². The van der Waals surface area contributed by atoms with Crippen LogP contribution in [0.4, 0.5) is 0 Å². The van der Waals surface area contributed by atoms with E-state index in [1.54, 1.807) is 7.11 Å². The molecule has 2 nitrogen and oxygen atoms in total. The minimum Gasteiger partial charge on any atom is -0.379 e. The first-order chi connectivity index (χ1) is 6.59. The first kappa shape index (κ1) is 14.7. The molecule has 0 aliphatic heterocycles. The van der Waals surface area contributed by atoms with Gasteiger partial charge in [-0.25, -0.2) is 0 Å². The zero-order valence-corrected chi connectivity index (χ0v) is 11.3. The Kier molecular flexibility index (Phi) is 5.01. The molecule has 0 aromatic rings. The SMILES string of the molecule is C=C(C)C(C)OC(C)(C)CC(C)(C)OC. The summed E-state index contributed by atoms with van der Waals surface area (Å²) in [4.78, 5) is 0. The Labute approximate surface area is 94.7 Å². The Hall–Kier alpha value is -0.340. The second-order valence-electron chi connectivity index (χ2n) is 5.51. The van der Waals surface area contributed by atoms with Crippen molar-refractivity contribution in [2.24, 2.45) is 0 Å². The maximum absolute atomic E-state index is 5.96. The van der Waals surface area contributed by atoms with Crippen LogP contribution in [0.5, 0.6) is 0 Å². The fourth-order valence-electron chi connectivity index (χ4n) is 1.72. The molecule has 0 saturated heterocycles. The minimum absolute atomic E-state index is 0.0904. The maximum atomic E-state index is 5.96. The predicted molar refractivity (Wildman–Crippen MR) is 65.1 cm³/mol. The highest BCUT2D eigenvalue weighted by molar-refractivity contribution is 4.97. The molecule has 0 spiro atoms. The summed E-state index contributed by atoms with van der Waals surface area (Å²) in [5.41, 5.74) is 0.703. The first-order valence-corrected chi connectivity index (χ1v) is 5.48. The molecule has 0 rings (SSSR count). The second-order valence-corrected chi connectivity index (χ2v) is 5.51. The van der Waals surface area contributed by atoms with Crippen LogP contribution in [0.15, 0.2) is 12.2 Å². The van der Waals surface area contributed by atoms with Gasteiger partial charge in [-0.2, -0.15) is 0 Å². The highest BCUT2D eigenvalue weighted by atomic mass is 16.5. The molecule has 0 aliphatic rings. The van der Waals surface area contributed by atoms with Crippen molar-refractivity contribution < 1.29 is 9.47 Å². The third-order valence-corrected chi connectivity index (χ3v) is 2.59. The van der Waals surface area contributed by atoms with Gasteiger partial charge in [0.15, 0.2) is 0 Å². The topological polar surface area (TPSA) is 18.5 Å². The van der Waals surface area contributed by atoms with Gasteiger partial charge in [-0.3, -0.25) is 0 Å². The zero-order valence-electron chi connectivity index (χ0n) is 11.3. The van der Waals surface area contributed by atoms with Crippen LogP contribution in [-0.4, -0.2) is 24.4 Å². The van der Waals surface area contributed by atoms with Gasteiger partial charge in [-0.05, 0) is 41.5 Å². The van der Waals surface area contributed by atoms with Gasteiger partial charge in [0.2, 0.25) is 0 Å². The van der Waals surface area contributed by atoms with E-state index >= 15 is 0 Å². The molecule has 0 aliphatic carbocycles. The van der Waals surface area contributed by atoms with E-state index in [-0.39, 0.29) is 17.3 Å². The molecule has 0 aromatic heterocycles. The van der Waals surface area contributed by atoms with E-state index in [4.69, 9.17) is 9.47 Å². The Morgan fingerprint density at radius 2 is 1.67 bits per heavy atom. The van der Waals surface area contributed by atoms with Gasteiger partial charge in [0, 0.05) is 13.5 Å². The molecule has 0 fully saturated rings. The third-order valence-electron chi connectivity index (χ3n) is 2.59. The van der Waals surface area contributed by atoms with Crippen LogP contribution in [0.1, 0.15) is 48.0 Å². The van der Waals surface area contributed by atoms with Crippen molar-refractivity contribution in [1.29, 1.82) is 0 Å². The number of hydrogen-bond donors (Lipinski definition) is 0. The Morgan fingerprint density at radius 1 is 1.20 bits per heavy atom. The molecule has 1 unspecified atom stereocenters. The Bertz CT molecular complexity index is 217. The van der Waals surface area contributed by atoms with Gasteiger partial charge >= 0.3 is 0 Å². The van der Waals surface area contributed by atoms with Crippen LogP contribution in [0.2, 0.25) is 0 Å². The smallest absolute Gasteiger partial charge is 0.0758 e. The molecule has 0 amide bonds. The molecule has 0 radical (unpaired) electrons. The number of methoxy groups -OCH3 is 1. The van der Waals surface area contributed by atoms with E-state index in [0.717, 1.165) is 12.0 Å². The lowest BCUT2D eigenvalue weighted by molar-refractivity contribution is -0.103. The van der Waals surface area contributed by atoms with E-state index in [1.165, 1.54) is 0 Å². The van der Waals surface area contributed by atoms with Crippen LogP contribution < -0.4 is 0 Å². The summed E-state index contributed by atoms with van der Waals surface area (Å²) < 4.78 is 11.4. The molecule has 0 N–H and O–H groups in total. The molecule has 2 heteroatoms. The van der Waals surface area contributed by atoms with E-state index in [1.807, 2.05) is 13.8 Å². The third kappa shape index (κ3) is 5.95. The number of rotatable bonds is 6. The fourth-order valence-corrected chi connectivity index (χ4v) is 1.72. The number of hydrogen-bond acceptors (Lipinski definition) is 2. The number of ether oxygens (including phenoxy) is 2. The summed E-state index contributed by atoms with van der Waals surface area (Å²) in [7, 11) is 1.73. The van der Waals surface area contributed by atoms with Crippen molar-refractivity contribution in [1.82, 2.24) is 0 Å². The molecule has 0 saturated carbocycles. The molecule has 90 valence electrons. The first-order valence-electron chi connectivity index (χ1n) is 5.48. The largest absolute Gasteiger partial charge is 0.379 e. The molecule has 15 heavy (non-hydrogen) atoms. The van der Waals surface area contributed by atoms with Crippen molar-refractivity contribution in [3.63, 3.8) is 0 Å².